The van der Waals surface area contributed by atoms with E-state index in [1.807, 2.05) is 13.8 Å². The third-order valence-electron chi connectivity index (χ3n) is 3.14. The molecule has 0 atom stereocenters. The molecule has 2 rings (SSSR count). The third kappa shape index (κ3) is 5.36. The summed E-state index contributed by atoms with van der Waals surface area (Å²) in [7, 11) is 0. The van der Waals surface area contributed by atoms with Gasteiger partial charge in [-0.25, -0.2) is 9.78 Å². The Hall–Kier alpha value is -2.38. The first-order valence-corrected chi connectivity index (χ1v) is 7.90. The molecule has 1 aromatic carbocycles. The molecule has 128 valence electrons. The number of anilines is 3. The zero-order valence-electron chi connectivity index (χ0n) is 13.6. The predicted molar refractivity (Wildman–Crippen MR) is 95.8 cm³/mol. The molecule has 24 heavy (non-hydrogen) atoms. The summed E-state index contributed by atoms with van der Waals surface area (Å²) in [5.41, 5.74) is 2.22. The van der Waals surface area contributed by atoms with Gasteiger partial charge in [0.1, 0.15) is 5.82 Å². The number of aliphatic hydroxyl groups is 1. The van der Waals surface area contributed by atoms with Crippen molar-refractivity contribution < 1.29 is 9.90 Å². The van der Waals surface area contributed by atoms with E-state index in [0.29, 0.717) is 35.2 Å². The van der Waals surface area contributed by atoms with Gasteiger partial charge in [-0.2, -0.15) is 4.98 Å². The molecule has 2 amide bonds. The molecule has 0 bridgehead atoms. The van der Waals surface area contributed by atoms with E-state index in [1.54, 1.807) is 24.3 Å². The molecule has 0 radical (unpaired) electrons. The van der Waals surface area contributed by atoms with Gasteiger partial charge in [0.05, 0.1) is 0 Å². The fourth-order valence-electron chi connectivity index (χ4n) is 2.00. The SMILES string of the molecule is Cc1cc(NCCCO)nc(NC(=O)Nc2ccc(Cl)c(C)c2)n1. The number of aromatic nitrogens is 2. The van der Waals surface area contributed by atoms with Crippen LogP contribution in [0.2, 0.25) is 5.02 Å². The van der Waals surface area contributed by atoms with Crippen LogP contribution in [0.3, 0.4) is 0 Å². The number of carbonyl (C=O) groups is 1. The van der Waals surface area contributed by atoms with Crippen LogP contribution in [0.15, 0.2) is 24.3 Å². The minimum atomic E-state index is -0.441. The summed E-state index contributed by atoms with van der Waals surface area (Å²) in [6.45, 7) is 4.36. The lowest BCUT2D eigenvalue weighted by Crippen LogP contribution is -2.21. The number of halogens is 1. The highest BCUT2D eigenvalue weighted by Gasteiger charge is 2.08. The maximum atomic E-state index is 12.1. The Kier molecular flexibility index (Phi) is 6.34. The van der Waals surface area contributed by atoms with Crippen molar-refractivity contribution in [2.75, 3.05) is 29.1 Å². The Balaban J connectivity index is 2.01. The van der Waals surface area contributed by atoms with Gasteiger partial charge in [0.15, 0.2) is 0 Å². The largest absolute Gasteiger partial charge is 0.396 e. The van der Waals surface area contributed by atoms with Gasteiger partial charge >= 0.3 is 6.03 Å². The fourth-order valence-corrected chi connectivity index (χ4v) is 2.11. The molecule has 4 N–H and O–H groups in total. The number of carbonyl (C=O) groups excluding carboxylic acids is 1. The lowest BCUT2D eigenvalue weighted by molar-refractivity contribution is 0.262. The molecular weight excluding hydrogens is 330 g/mol. The smallest absolute Gasteiger partial charge is 0.326 e. The fraction of sp³-hybridized carbons (Fsp3) is 0.312. The predicted octanol–water partition coefficient (Wildman–Crippen LogP) is 3.19. The lowest BCUT2D eigenvalue weighted by Gasteiger charge is -2.10. The van der Waals surface area contributed by atoms with Crippen molar-refractivity contribution in [2.24, 2.45) is 0 Å². The molecule has 0 fully saturated rings. The van der Waals surface area contributed by atoms with E-state index in [4.69, 9.17) is 16.7 Å². The Labute approximate surface area is 145 Å². The van der Waals surface area contributed by atoms with E-state index in [0.717, 1.165) is 5.56 Å². The first kappa shape index (κ1) is 18.0. The zero-order valence-corrected chi connectivity index (χ0v) is 14.3. The van der Waals surface area contributed by atoms with Crippen molar-refractivity contribution in [1.82, 2.24) is 9.97 Å². The molecule has 0 aliphatic rings. The summed E-state index contributed by atoms with van der Waals surface area (Å²) in [6, 6.07) is 6.54. The van der Waals surface area contributed by atoms with Crippen LogP contribution in [0.5, 0.6) is 0 Å². The van der Waals surface area contributed by atoms with E-state index in [1.165, 1.54) is 0 Å². The van der Waals surface area contributed by atoms with E-state index in [2.05, 4.69) is 25.9 Å². The number of amides is 2. The topological polar surface area (TPSA) is 99.2 Å². The average molecular weight is 350 g/mol. The van der Waals surface area contributed by atoms with Crippen molar-refractivity contribution in [3.63, 3.8) is 0 Å². The van der Waals surface area contributed by atoms with Gasteiger partial charge in [-0.1, -0.05) is 11.6 Å². The third-order valence-corrected chi connectivity index (χ3v) is 3.56. The summed E-state index contributed by atoms with van der Waals surface area (Å²) < 4.78 is 0. The van der Waals surface area contributed by atoms with Crippen LogP contribution in [0.1, 0.15) is 17.7 Å². The van der Waals surface area contributed by atoms with Gasteiger partial charge in [-0.15, -0.1) is 0 Å². The molecule has 2 aromatic rings. The number of benzene rings is 1. The Morgan fingerprint density at radius 3 is 2.71 bits per heavy atom. The van der Waals surface area contributed by atoms with Crippen LogP contribution in [-0.4, -0.2) is 34.3 Å². The van der Waals surface area contributed by atoms with Crippen molar-refractivity contribution in [3.8, 4) is 0 Å². The number of rotatable bonds is 6. The number of aryl methyl sites for hydroxylation is 2. The number of urea groups is 1. The second kappa shape index (κ2) is 8.47. The molecule has 0 spiro atoms. The maximum Gasteiger partial charge on any atom is 0.326 e. The van der Waals surface area contributed by atoms with Gasteiger partial charge in [0.2, 0.25) is 5.95 Å². The maximum absolute atomic E-state index is 12.1. The summed E-state index contributed by atoms with van der Waals surface area (Å²) in [4.78, 5) is 20.5. The van der Waals surface area contributed by atoms with Crippen LogP contribution < -0.4 is 16.0 Å². The molecule has 0 saturated carbocycles. The number of nitrogens with zero attached hydrogens (tertiary/aromatic N) is 2. The molecule has 0 aliphatic heterocycles. The van der Waals surface area contributed by atoms with Gasteiger partial charge in [-0.05, 0) is 44.0 Å². The molecule has 1 heterocycles. The summed E-state index contributed by atoms with van der Waals surface area (Å²) in [5.74, 6) is 0.790. The number of aliphatic hydroxyl groups excluding tert-OH is 1. The normalized spacial score (nSPS) is 10.3. The monoisotopic (exact) mass is 349 g/mol. The van der Waals surface area contributed by atoms with Crippen molar-refractivity contribution >= 4 is 35.1 Å². The van der Waals surface area contributed by atoms with Crippen LogP contribution >= 0.6 is 11.6 Å². The second-order valence-electron chi connectivity index (χ2n) is 5.27. The number of hydrogen-bond acceptors (Lipinski definition) is 5. The summed E-state index contributed by atoms with van der Waals surface area (Å²) >= 11 is 5.96. The first-order chi connectivity index (χ1) is 11.5. The minimum absolute atomic E-state index is 0.102. The summed E-state index contributed by atoms with van der Waals surface area (Å²) in [6.07, 6.45) is 0.613. The Morgan fingerprint density at radius 2 is 2.00 bits per heavy atom. The van der Waals surface area contributed by atoms with Crippen molar-refractivity contribution in [2.45, 2.75) is 20.3 Å². The van der Waals surface area contributed by atoms with E-state index in [9.17, 15) is 4.79 Å². The van der Waals surface area contributed by atoms with Gasteiger partial charge in [-0.3, -0.25) is 5.32 Å². The summed E-state index contributed by atoms with van der Waals surface area (Å²) in [5, 5.41) is 17.8. The molecule has 7 nitrogen and oxygen atoms in total. The molecular formula is C16H20ClN5O2. The highest BCUT2D eigenvalue weighted by Crippen LogP contribution is 2.19. The van der Waals surface area contributed by atoms with E-state index < -0.39 is 6.03 Å². The van der Waals surface area contributed by atoms with Gasteiger partial charge < -0.3 is 15.7 Å². The standard InChI is InChI=1S/C16H20ClN5O2/c1-10-8-12(4-5-13(10)17)20-16(24)22-15-19-11(2)9-14(21-15)18-6-3-7-23/h4-5,8-9,23H,3,6-7H2,1-2H3,(H3,18,19,20,21,22,24). The number of hydrogen-bond donors (Lipinski definition) is 4. The molecule has 1 aromatic heterocycles. The molecule has 0 aliphatic carbocycles. The Morgan fingerprint density at radius 1 is 1.21 bits per heavy atom. The molecule has 8 heteroatoms. The van der Waals surface area contributed by atoms with Gasteiger partial charge in [0.25, 0.3) is 0 Å². The Bertz CT molecular complexity index is 724. The molecule has 0 saturated heterocycles. The zero-order chi connectivity index (χ0) is 17.5. The second-order valence-corrected chi connectivity index (χ2v) is 5.67. The van der Waals surface area contributed by atoms with E-state index >= 15 is 0 Å². The van der Waals surface area contributed by atoms with Crippen LogP contribution in [0.25, 0.3) is 0 Å². The quantitative estimate of drug-likeness (QED) is 0.600. The number of nitrogens with one attached hydrogen (secondary N) is 3. The van der Waals surface area contributed by atoms with Crippen LogP contribution in [0.4, 0.5) is 22.2 Å². The lowest BCUT2D eigenvalue weighted by atomic mass is 10.2. The highest BCUT2D eigenvalue weighted by atomic mass is 35.5. The molecule has 0 unspecified atom stereocenters. The minimum Gasteiger partial charge on any atom is -0.396 e. The van der Waals surface area contributed by atoms with Gasteiger partial charge in [0, 0.05) is 35.6 Å². The highest BCUT2D eigenvalue weighted by molar-refractivity contribution is 6.31. The van der Waals surface area contributed by atoms with Crippen molar-refractivity contribution in [3.05, 3.63) is 40.5 Å². The average Bonchev–Trinajstić information content (AvgIpc) is 2.50. The van der Waals surface area contributed by atoms with E-state index in [-0.39, 0.29) is 12.6 Å². The van der Waals surface area contributed by atoms with Crippen LogP contribution in [0, 0.1) is 13.8 Å². The first-order valence-electron chi connectivity index (χ1n) is 7.52. The van der Waals surface area contributed by atoms with Crippen LogP contribution in [-0.2, 0) is 0 Å². The van der Waals surface area contributed by atoms with Crippen molar-refractivity contribution in [1.29, 1.82) is 0 Å².